The fourth-order valence-electron chi connectivity index (χ4n) is 4.03. The number of benzene rings is 1. The highest BCUT2D eigenvalue weighted by Crippen LogP contribution is 2.22. The van der Waals surface area contributed by atoms with Crippen LogP contribution in [0.2, 0.25) is 0 Å². The molecule has 0 spiro atoms. The molecule has 7 heteroatoms. The molecule has 7 nitrogen and oxygen atoms in total. The number of nitrogens with one attached hydrogen (secondary N) is 1. The molecular weight excluding hydrogens is 392 g/mol. The maximum atomic E-state index is 13.1. The van der Waals surface area contributed by atoms with E-state index in [9.17, 15) is 9.59 Å². The molecule has 2 atom stereocenters. The number of aryl methyl sites for hydroxylation is 2. The van der Waals surface area contributed by atoms with Crippen molar-refractivity contribution in [1.82, 2.24) is 20.0 Å². The third kappa shape index (κ3) is 5.87. The maximum absolute atomic E-state index is 13.1. The molecule has 0 bridgehead atoms. The Morgan fingerprint density at radius 3 is 2.45 bits per heavy atom. The van der Waals surface area contributed by atoms with Gasteiger partial charge in [0.15, 0.2) is 0 Å². The van der Waals surface area contributed by atoms with Crippen LogP contribution in [0.4, 0.5) is 4.79 Å². The lowest BCUT2D eigenvalue weighted by Crippen LogP contribution is -2.48. The number of ether oxygens (including phenoxy) is 1. The lowest BCUT2D eigenvalue weighted by atomic mass is 9.91. The molecule has 1 aromatic carbocycles. The highest BCUT2D eigenvalue weighted by atomic mass is 16.6. The summed E-state index contributed by atoms with van der Waals surface area (Å²) in [5.41, 5.74) is 3.10. The Morgan fingerprint density at radius 1 is 1.19 bits per heavy atom. The quantitative estimate of drug-likeness (QED) is 0.793. The number of aromatic nitrogens is 2. The Morgan fingerprint density at radius 2 is 1.87 bits per heavy atom. The normalized spacial score (nSPS) is 17.9. The van der Waals surface area contributed by atoms with E-state index in [1.54, 1.807) is 0 Å². The first kappa shape index (κ1) is 22.8. The van der Waals surface area contributed by atoms with E-state index in [1.807, 2.05) is 81.5 Å². The average Bonchev–Trinajstić information content (AvgIpc) is 3.04. The molecule has 1 aromatic heterocycles. The van der Waals surface area contributed by atoms with Crippen LogP contribution in [0.3, 0.4) is 0 Å². The average molecular weight is 427 g/mol. The summed E-state index contributed by atoms with van der Waals surface area (Å²) in [6.45, 7) is 12.8. The van der Waals surface area contributed by atoms with Crippen molar-refractivity contribution in [1.29, 1.82) is 0 Å². The van der Waals surface area contributed by atoms with Crippen LogP contribution in [-0.4, -0.2) is 51.4 Å². The van der Waals surface area contributed by atoms with Crippen LogP contribution < -0.4 is 5.32 Å². The van der Waals surface area contributed by atoms with Crippen LogP contribution in [0.15, 0.2) is 30.3 Å². The number of rotatable bonds is 4. The summed E-state index contributed by atoms with van der Waals surface area (Å²) in [4.78, 5) is 27.1. The van der Waals surface area contributed by atoms with Crippen LogP contribution in [-0.2, 0) is 4.74 Å². The van der Waals surface area contributed by atoms with E-state index in [2.05, 4.69) is 10.4 Å². The van der Waals surface area contributed by atoms with E-state index >= 15 is 0 Å². The minimum Gasteiger partial charge on any atom is -0.444 e. The van der Waals surface area contributed by atoms with Crippen LogP contribution in [0.25, 0.3) is 5.69 Å². The number of hydrogen-bond acceptors (Lipinski definition) is 4. The molecule has 1 fully saturated rings. The van der Waals surface area contributed by atoms with Crippen molar-refractivity contribution in [3.63, 3.8) is 0 Å². The molecule has 0 radical (unpaired) electrons. The van der Waals surface area contributed by atoms with Crippen LogP contribution in [0.1, 0.15) is 62.3 Å². The summed E-state index contributed by atoms with van der Waals surface area (Å²) in [6, 6.07) is 9.54. The number of carbonyl (C=O) groups is 2. The third-order valence-corrected chi connectivity index (χ3v) is 5.56. The molecular formula is C24H34N4O3. The van der Waals surface area contributed by atoms with E-state index in [0.717, 1.165) is 36.5 Å². The molecule has 0 saturated carbocycles. The number of amides is 2. The van der Waals surface area contributed by atoms with Gasteiger partial charge in [-0.25, -0.2) is 9.48 Å². The van der Waals surface area contributed by atoms with Gasteiger partial charge in [0.05, 0.1) is 11.4 Å². The van der Waals surface area contributed by atoms with Gasteiger partial charge in [-0.05, 0) is 90.6 Å². The van der Waals surface area contributed by atoms with Gasteiger partial charge in [0.2, 0.25) is 0 Å². The van der Waals surface area contributed by atoms with E-state index in [1.165, 1.54) is 0 Å². The molecule has 1 aliphatic rings. The number of piperidine rings is 1. The molecule has 1 aliphatic heterocycles. The van der Waals surface area contributed by atoms with Gasteiger partial charge in [0.1, 0.15) is 5.60 Å². The van der Waals surface area contributed by atoms with Crippen molar-refractivity contribution < 1.29 is 14.3 Å². The predicted molar refractivity (Wildman–Crippen MR) is 120 cm³/mol. The predicted octanol–water partition coefficient (Wildman–Crippen LogP) is 4.25. The highest BCUT2D eigenvalue weighted by Gasteiger charge is 2.29. The molecule has 31 heavy (non-hydrogen) atoms. The monoisotopic (exact) mass is 426 g/mol. The second-order valence-corrected chi connectivity index (χ2v) is 9.47. The van der Waals surface area contributed by atoms with E-state index in [0.29, 0.717) is 12.1 Å². The van der Waals surface area contributed by atoms with Gasteiger partial charge in [-0.3, -0.25) is 4.79 Å². The molecule has 0 aliphatic carbocycles. The first-order chi connectivity index (χ1) is 14.5. The smallest absolute Gasteiger partial charge is 0.407 e. The van der Waals surface area contributed by atoms with Crippen LogP contribution >= 0.6 is 0 Å². The van der Waals surface area contributed by atoms with Gasteiger partial charge in [-0.2, -0.15) is 5.10 Å². The first-order valence-corrected chi connectivity index (χ1v) is 11.0. The van der Waals surface area contributed by atoms with Crippen molar-refractivity contribution in [3.8, 4) is 5.69 Å². The summed E-state index contributed by atoms with van der Waals surface area (Å²) in [6.07, 6.45) is 1.47. The van der Waals surface area contributed by atoms with Gasteiger partial charge in [-0.15, -0.1) is 0 Å². The second-order valence-electron chi connectivity index (χ2n) is 9.47. The molecule has 1 saturated heterocycles. The fraction of sp³-hybridized carbons (Fsp3) is 0.542. The lowest BCUT2D eigenvalue weighted by molar-refractivity contribution is 0.0460. The Balaban J connectivity index is 1.62. The van der Waals surface area contributed by atoms with E-state index < -0.39 is 11.7 Å². The van der Waals surface area contributed by atoms with Crippen molar-refractivity contribution in [3.05, 3.63) is 47.3 Å². The first-order valence-electron chi connectivity index (χ1n) is 11.0. The van der Waals surface area contributed by atoms with Crippen molar-refractivity contribution in [2.75, 3.05) is 13.1 Å². The summed E-state index contributed by atoms with van der Waals surface area (Å²) < 4.78 is 7.24. The Bertz CT molecular complexity index is 927. The number of likely N-dealkylation sites (tertiary alicyclic amines) is 1. The zero-order chi connectivity index (χ0) is 22.8. The fourth-order valence-corrected chi connectivity index (χ4v) is 4.03. The van der Waals surface area contributed by atoms with Gasteiger partial charge in [-0.1, -0.05) is 0 Å². The summed E-state index contributed by atoms with van der Waals surface area (Å²) >= 11 is 0. The van der Waals surface area contributed by atoms with E-state index in [-0.39, 0.29) is 17.9 Å². The molecule has 1 N–H and O–H groups in total. The highest BCUT2D eigenvalue weighted by molar-refractivity contribution is 5.94. The third-order valence-electron chi connectivity index (χ3n) is 5.56. The zero-order valence-electron chi connectivity index (χ0n) is 19.4. The van der Waals surface area contributed by atoms with Gasteiger partial charge >= 0.3 is 6.09 Å². The Kier molecular flexibility index (Phi) is 6.72. The minimum atomic E-state index is -0.530. The molecule has 168 valence electrons. The molecule has 2 heterocycles. The Hall–Kier alpha value is -2.83. The number of alkyl carbamates (subject to hydrolysis) is 1. The summed E-state index contributed by atoms with van der Waals surface area (Å²) in [5, 5.41) is 7.43. The number of hydrogen-bond donors (Lipinski definition) is 1. The molecule has 3 rings (SSSR count). The van der Waals surface area contributed by atoms with Crippen molar-refractivity contribution >= 4 is 12.0 Å². The van der Waals surface area contributed by atoms with Gasteiger partial charge in [0.25, 0.3) is 5.91 Å². The standard InChI is InChI=1S/C24H34N4O3/c1-16-14-17(2)28(26-16)21-11-9-19(10-12-21)22(29)27-13-7-8-20(15-27)18(3)25-23(30)31-24(4,5)6/h9-12,14,18,20H,7-8,13,15H2,1-6H3,(H,25,30)/t18-,20+/m0/s1. The Labute approximate surface area is 184 Å². The molecule has 2 aromatic rings. The second kappa shape index (κ2) is 9.12. The lowest BCUT2D eigenvalue weighted by Gasteiger charge is -2.36. The number of nitrogens with zero attached hydrogens (tertiary/aromatic N) is 3. The largest absolute Gasteiger partial charge is 0.444 e. The van der Waals surface area contributed by atoms with Crippen LogP contribution in [0.5, 0.6) is 0 Å². The van der Waals surface area contributed by atoms with Crippen molar-refractivity contribution in [2.24, 2.45) is 5.92 Å². The van der Waals surface area contributed by atoms with Crippen LogP contribution in [0, 0.1) is 19.8 Å². The maximum Gasteiger partial charge on any atom is 0.407 e. The number of carbonyl (C=O) groups excluding carboxylic acids is 2. The SMILES string of the molecule is Cc1cc(C)n(-c2ccc(C(=O)N3CCC[C@@H]([C@H](C)NC(=O)OC(C)(C)C)C3)cc2)n1. The van der Waals surface area contributed by atoms with Gasteiger partial charge in [0, 0.05) is 30.4 Å². The van der Waals surface area contributed by atoms with E-state index in [4.69, 9.17) is 4.74 Å². The molecule has 0 unspecified atom stereocenters. The van der Waals surface area contributed by atoms with Crippen molar-refractivity contribution in [2.45, 2.75) is 66.0 Å². The molecule has 2 amide bonds. The zero-order valence-corrected chi connectivity index (χ0v) is 19.4. The summed E-state index contributed by atoms with van der Waals surface area (Å²) in [7, 11) is 0. The minimum absolute atomic E-state index is 0.0223. The summed E-state index contributed by atoms with van der Waals surface area (Å²) in [5.74, 6) is 0.216. The van der Waals surface area contributed by atoms with Gasteiger partial charge < -0.3 is 15.0 Å². The topological polar surface area (TPSA) is 76.5 Å².